The van der Waals surface area contributed by atoms with E-state index in [1.54, 1.807) is 7.11 Å². The number of benzene rings is 1. The van der Waals surface area contributed by atoms with Crippen molar-refractivity contribution < 1.29 is 9.47 Å². The van der Waals surface area contributed by atoms with Crippen LogP contribution in [0.15, 0.2) is 18.2 Å². The van der Waals surface area contributed by atoms with Crippen LogP contribution in [0.25, 0.3) is 0 Å². The van der Waals surface area contributed by atoms with Crippen molar-refractivity contribution in [2.45, 2.75) is 32.6 Å². The number of nitrogens with zero attached hydrogens (tertiary/aromatic N) is 1. The molecule has 0 saturated carbocycles. The van der Waals surface area contributed by atoms with E-state index in [1.807, 2.05) is 18.2 Å². The highest BCUT2D eigenvalue weighted by Crippen LogP contribution is 2.22. The van der Waals surface area contributed by atoms with Crippen LogP contribution in [-0.2, 0) is 11.3 Å². The zero-order chi connectivity index (χ0) is 13.1. The second-order valence-electron chi connectivity index (χ2n) is 5.02. The number of hydrogen-bond donors (Lipinski definition) is 1. The van der Waals surface area contributed by atoms with Gasteiger partial charge in [-0.05, 0) is 25.5 Å². The zero-order valence-corrected chi connectivity index (χ0v) is 11.3. The second-order valence-corrected chi connectivity index (χ2v) is 5.02. The lowest BCUT2D eigenvalue weighted by Gasteiger charge is -2.35. The minimum atomic E-state index is 0.285. The number of methoxy groups -OCH3 is 1. The predicted octanol–water partition coefficient (Wildman–Crippen LogP) is 1.89. The highest BCUT2D eigenvalue weighted by molar-refractivity contribution is 5.51. The summed E-state index contributed by atoms with van der Waals surface area (Å²) in [7, 11) is 1.65. The molecule has 0 spiro atoms. The third-order valence-electron chi connectivity index (χ3n) is 3.24. The first kappa shape index (κ1) is 13.2. The quantitative estimate of drug-likeness (QED) is 0.832. The Morgan fingerprint density at radius 2 is 2.00 bits per heavy atom. The van der Waals surface area contributed by atoms with Gasteiger partial charge in [0, 0.05) is 31.4 Å². The first-order valence-corrected chi connectivity index (χ1v) is 6.38. The van der Waals surface area contributed by atoms with Crippen molar-refractivity contribution in [3.8, 4) is 5.75 Å². The molecule has 2 rings (SSSR count). The van der Waals surface area contributed by atoms with Gasteiger partial charge in [-0.3, -0.25) is 4.90 Å². The first-order chi connectivity index (χ1) is 8.58. The number of rotatable bonds is 3. The minimum Gasteiger partial charge on any atom is -0.497 e. The van der Waals surface area contributed by atoms with Gasteiger partial charge in [0.05, 0.1) is 19.3 Å². The molecular formula is C14H22N2O2. The minimum absolute atomic E-state index is 0.285. The number of anilines is 1. The van der Waals surface area contributed by atoms with Crippen molar-refractivity contribution in [3.63, 3.8) is 0 Å². The van der Waals surface area contributed by atoms with Gasteiger partial charge in [0.1, 0.15) is 5.75 Å². The van der Waals surface area contributed by atoms with Gasteiger partial charge in [-0.25, -0.2) is 0 Å². The maximum absolute atomic E-state index is 6.05. The van der Waals surface area contributed by atoms with E-state index in [2.05, 4.69) is 18.7 Å². The largest absolute Gasteiger partial charge is 0.497 e. The third kappa shape index (κ3) is 3.15. The Balaban J connectivity index is 2.04. The molecule has 1 aliphatic rings. The van der Waals surface area contributed by atoms with Crippen LogP contribution in [0.1, 0.15) is 19.4 Å². The van der Waals surface area contributed by atoms with E-state index in [0.29, 0.717) is 0 Å². The summed E-state index contributed by atoms with van der Waals surface area (Å²) in [4.78, 5) is 2.39. The molecule has 1 aliphatic heterocycles. The Kier molecular flexibility index (Phi) is 4.09. The summed E-state index contributed by atoms with van der Waals surface area (Å²) in [6.45, 7) is 7.00. The molecule has 0 amide bonds. The van der Waals surface area contributed by atoms with Crippen molar-refractivity contribution in [1.29, 1.82) is 0 Å². The molecule has 1 fully saturated rings. The summed E-state index contributed by atoms with van der Waals surface area (Å²) in [5, 5.41) is 0. The molecule has 0 bridgehead atoms. The summed E-state index contributed by atoms with van der Waals surface area (Å²) >= 11 is 0. The SMILES string of the molecule is COc1ccc(CN2C[C@@H](C)O[C@@H](C)C2)c(N)c1. The summed E-state index contributed by atoms with van der Waals surface area (Å²) in [5.41, 5.74) is 7.99. The van der Waals surface area contributed by atoms with Gasteiger partial charge in [0.15, 0.2) is 0 Å². The van der Waals surface area contributed by atoms with Crippen LogP contribution < -0.4 is 10.5 Å². The van der Waals surface area contributed by atoms with E-state index in [0.717, 1.165) is 36.6 Å². The number of morpholine rings is 1. The molecule has 1 aromatic carbocycles. The highest BCUT2D eigenvalue weighted by Gasteiger charge is 2.22. The van der Waals surface area contributed by atoms with Crippen LogP contribution in [0.5, 0.6) is 5.75 Å². The van der Waals surface area contributed by atoms with Gasteiger partial charge in [-0.1, -0.05) is 6.07 Å². The average molecular weight is 250 g/mol. The molecule has 2 atom stereocenters. The molecule has 18 heavy (non-hydrogen) atoms. The van der Waals surface area contributed by atoms with E-state index in [1.165, 1.54) is 0 Å². The molecule has 1 heterocycles. The van der Waals surface area contributed by atoms with Gasteiger partial charge in [-0.2, -0.15) is 0 Å². The highest BCUT2D eigenvalue weighted by atomic mass is 16.5. The fourth-order valence-corrected chi connectivity index (χ4v) is 2.50. The molecule has 4 heteroatoms. The van der Waals surface area contributed by atoms with E-state index < -0.39 is 0 Å². The second kappa shape index (κ2) is 5.59. The lowest BCUT2D eigenvalue weighted by atomic mass is 10.1. The van der Waals surface area contributed by atoms with Gasteiger partial charge < -0.3 is 15.2 Å². The Hall–Kier alpha value is -1.26. The fraction of sp³-hybridized carbons (Fsp3) is 0.571. The topological polar surface area (TPSA) is 47.7 Å². The van der Waals surface area contributed by atoms with Crippen LogP contribution in [0.3, 0.4) is 0 Å². The van der Waals surface area contributed by atoms with Crippen molar-refractivity contribution in [1.82, 2.24) is 4.90 Å². The molecule has 0 unspecified atom stereocenters. The third-order valence-corrected chi connectivity index (χ3v) is 3.24. The fourth-order valence-electron chi connectivity index (χ4n) is 2.50. The number of nitrogens with two attached hydrogens (primary N) is 1. The Labute approximate surface area is 109 Å². The predicted molar refractivity (Wildman–Crippen MR) is 72.7 cm³/mol. The summed E-state index contributed by atoms with van der Waals surface area (Å²) in [6.07, 6.45) is 0.571. The standard InChI is InChI=1S/C14H22N2O2/c1-10-7-16(8-11(2)18-10)9-12-4-5-13(17-3)6-14(12)15/h4-6,10-11H,7-9,15H2,1-3H3/t10-,11+. The Bertz CT molecular complexity index is 399. The van der Waals surface area contributed by atoms with Crippen molar-refractivity contribution >= 4 is 5.69 Å². The lowest BCUT2D eigenvalue weighted by molar-refractivity contribution is -0.0704. The molecule has 1 aromatic rings. The average Bonchev–Trinajstić information content (AvgIpc) is 2.30. The maximum Gasteiger partial charge on any atom is 0.120 e. The number of nitrogen functional groups attached to an aromatic ring is 1. The molecule has 100 valence electrons. The molecule has 4 nitrogen and oxygen atoms in total. The van der Waals surface area contributed by atoms with E-state index in [-0.39, 0.29) is 12.2 Å². The number of hydrogen-bond acceptors (Lipinski definition) is 4. The van der Waals surface area contributed by atoms with Crippen molar-refractivity contribution in [2.75, 3.05) is 25.9 Å². The maximum atomic E-state index is 6.05. The Morgan fingerprint density at radius 1 is 1.33 bits per heavy atom. The van der Waals surface area contributed by atoms with E-state index >= 15 is 0 Å². The van der Waals surface area contributed by atoms with Crippen LogP contribution in [-0.4, -0.2) is 37.3 Å². The molecule has 0 aromatic heterocycles. The number of ether oxygens (including phenoxy) is 2. The summed E-state index contributed by atoms with van der Waals surface area (Å²) in [6, 6.07) is 5.88. The molecular weight excluding hydrogens is 228 g/mol. The van der Waals surface area contributed by atoms with Crippen molar-refractivity contribution in [2.24, 2.45) is 0 Å². The summed E-state index contributed by atoms with van der Waals surface area (Å²) < 4.78 is 10.9. The molecule has 0 aliphatic carbocycles. The van der Waals surface area contributed by atoms with Gasteiger partial charge in [0.2, 0.25) is 0 Å². The Morgan fingerprint density at radius 3 is 2.56 bits per heavy atom. The first-order valence-electron chi connectivity index (χ1n) is 6.38. The van der Waals surface area contributed by atoms with Crippen LogP contribution in [0, 0.1) is 0 Å². The summed E-state index contributed by atoms with van der Waals surface area (Å²) in [5.74, 6) is 0.806. The van der Waals surface area contributed by atoms with E-state index in [4.69, 9.17) is 15.2 Å². The van der Waals surface area contributed by atoms with Crippen LogP contribution >= 0.6 is 0 Å². The van der Waals surface area contributed by atoms with Gasteiger partial charge in [-0.15, -0.1) is 0 Å². The van der Waals surface area contributed by atoms with Crippen LogP contribution in [0.2, 0.25) is 0 Å². The van der Waals surface area contributed by atoms with Gasteiger partial charge in [0.25, 0.3) is 0 Å². The zero-order valence-electron chi connectivity index (χ0n) is 11.3. The van der Waals surface area contributed by atoms with Crippen LogP contribution in [0.4, 0.5) is 5.69 Å². The van der Waals surface area contributed by atoms with Gasteiger partial charge >= 0.3 is 0 Å². The normalized spacial score (nSPS) is 25.1. The monoisotopic (exact) mass is 250 g/mol. The molecule has 1 saturated heterocycles. The molecule has 2 N–H and O–H groups in total. The van der Waals surface area contributed by atoms with Crippen molar-refractivity contribution in [3.05, 3.63) is 23.8 Å². The lowest BCUT2D eigenvalue weighted by Crippen LogP contribution is -2.44. The molecule has 0 radical (unpaired) electrons. The van der Waals surface area contributed by atoms with E-state index in [9.17, 15) is 0 Å². The smallest absolute Gasteiger partial charge is 0.120 e.